The molecule has 0 radical (unpaired) electrons. The monoisotopic (exact) mass is 420 g/mol. The van der Waals surface area contributed by atoms with Crippen LogP contribution in [0.25, 0.3) is 0 Å². The highest BCUT2D eigenvalue weighted by molar-refractivity contribution is 6.76. The summed E-state index contributed by atoms with van der Waals surface area (Å²) in [4.78, 5) is 22.5. The Bertz CT molecular complexity index is 419. The fraction of sp³-hybridized carbons (Fsp3) is 0.600. The first kappa shape index (κ1) is 21.4. The molecule has 122 valence electrons. The van der Waals surface area contributed by atoms with Crippen molar-refractivity contribution in [3.05, 3.63) is 11.9 Å². The van der Waals surface area contributed by atoms with Gasteiger partial charge in [0.2, 0.25) is 0 Å². The number of carbonyl (C=O) groups is 2. The van der Waals surface area contributed by atoms with Gasteiger partial charge in [-0.15, -0.1) is 0 Å². The lowest BCUT2D eigenvalue weighted by Crippen LogP contribution is -2.40. The summed E-state index contributed by atoms with van der Waals surface area (Å²) >= 11 is 31.9. The van der Waals surface area contributed by atoms with Crippen LogP contribution in [0.15, 0.2) is 11.9 Å². The van der Waals surface area contributed by atoms with Gasteiger partial charge < -0.3 is 10.6 Å². The lowest BCUT2D eigenvalue weighted by atomic mass is 10.2. The molecule has 0 saturated carbocycles. The van der Waals surface area contributed by atoms with Crippen molar-refractivity contribution in [3.63, 3.8) is 0 Å². The van der Waals surface area contributed by atoms with E-state index in [-0.39, 0.29) is 13.0 Å². The first-order valence-electron chi connectivity index (χ1n) is 5.44. The molecule has 11 heteroatoms. The van der Waals surface area contributed by atoms with Gasteiger partial charge in [-0.25, -0.2) is 4.39 Å². The van der Waals surface area contributed by atoms with E-state index in [4.69, 9.17) is 69.6 Å². The minimum atomic E-state index is -2.17. The summed E-state index contributed by atoms with van der Waals surface area (Å²) < 4.78 is 9.38. The molecule has 0 aliphatic carbocycles. The topological polar surface area (TPSA) is 58.2 Å². The minimum absolute atomic E-state index is 0.0469. The normalized spacial score (nSPS) is 14.6. The zero-order chi connectivity index (χ0) is 16.8. The molecular weight excluding hydrogens is 412 g/mol. The van der Waals surface area contributed by atoms with Crippen molar-refractivity contribution in [2.45, 2.75) is 27.0 Å². The van der Waals surface area contributed by atoms with E-state index in [9.17, 15) is 14.0 Å². The molecule has 21 heavy (non-hydrogen) atoms. The Kier molecular flexibility index (Phi) is 8.99. The van der Waals surface area contributed by atoms with E-state index < -0.39 is 31.3 Å². The van der Waals surface area contributed by atoms with Crippen molar-refractivity contribution >= 4 is 81.4 Å². The van der Waals surface area contributed by atoms with E-state index in [0.29, 0.717) is 0 Å². The van der Waals surface area contributed by atoms with E-state index in [1.54, 1.807) is 0 Å². The maximum atomic E-state index is 13.6. The number of hydrogen-bond donors (Lipinski definition) is 2. The molecule has 0 rings (SSSR count). The van der Waals surface area contributed by atoms with Gasteiger partial charge in [-0.2, -0.15) is 0 Å². The maximum absolute atomic E-state index is 13.6. The molecule has 0 aliphatic heterocycles. The van der Waals surface area contributed by atoms with Gasteiger partial charge in [-0.05, 0) is 19.4 Å². The van der Waals surface area contributed by atoms with Crippen molar-refractivity contribution in [1.29, 1.82) is 0 Å². The first-order chi connectivity index (χ1) is 9.35. The summed E-state index contributed by atoms with van der Waals surface area (Å²) in [5.41, 5.74) is 0. The number of rotatable bonds is 5. The smallest absolute Gasteiger partial charge is 0.272 e. The standard InChI is InChI=1S/C10H11Cl6FN2O2/c1-5(19-8(21)10(14,15)16)6(17)3-2-4-18-7(20)9(11,12)13/h3,5H,2,4H2,1H3,(H,18,20)(H,19,21)/b6-3-. The zero-order valence-electron chi connectivity index (χ0n) is 10.5. The van der Waals surface area contributed by atoms with Gasteiger partial charge >= 0.3 is 0 Å². The molecule has 0 aliphatic rings. The van der Waals surface area contributed by atoms with Crippen LogP contribution >= 0.6 is 69.6 Å². The molecule has 0 saturated heterocycles. The number of hydrogen-bond acceptors (Lipinski definition) is 2. The molecular formula is C10H11Cl6FN2O2. The summed E-state index contributed by atoms with van der Waals surface area (Å²) in [6.45, 7) is 1.41. The lowest BCUT2D eigenvalue weighted by molar-refractivity contribution is -0.121. The molecule has 1 atom stereocenters. The quantitative estimate of drug-likeness (QED) is 0.525. The Morgan fingerprint density at radius 1 is 1.10 bits per heavy atom. The predicted molar refractivity (Wildman–Crippen MR) is 85.0 cm³/mol. The van der Waals surface area contributed by atoms with Crippen LogP contribution in [0.1, 0.15) is 13.3 Å². The van der Waals surface area contributed by atoms with Gasteiger partial charge in [0.05, 0.1) is 6.04 Å². The largest absolute Gasteiger partial charge is 0.352 e. The second kappa shape index (κ2) is 8.85. The van der Waals surface area contributed by atoms with Crippen LogP contribution in [0.5, 0.6) is 0 Å². The molecule has 1 unspecified atom stereocenters. The number of amides is 2. The molecule has 0 aromatic rings. The predicted octanol–water partition coefficient (Wildman–Crippen LogP) is 3.59. The summed E-state index contributed by atoms with van der Waals surface area (Å²) in [6, 6.07) is -0.989. The molecule has 0 spiro atoms. The van der Waals surface area contributed by atoms with Crippen molar-refractivity contribution in [2.75, 3.05) is 6.54 Å². The fourth-order valence-electron chi connectivity index (χ4n) is 1.02. The zero-order valence-corrected chi connectivity index (χ0v) is 15.1. The third-order valence-corrected chi connectivity index (χ3v) is 3.08. The second-order valence-electron chi connectivity index (χ2n) is 3.82. The van der Waals surface area contributed by atoms with Crippen LogP contribution in [-0.4, -0.2) is 32.0 Å². The van der Waals surface area contributed by atoms with Gasteiger partial charge in [0.1, 0.15) is 5.83 Å². The molecule has 2 amide bonds. The van der Waals surface area contributed by atoms with Crippen molar-refractivity contribution in [1.82, 2.24) is 10.6 Å². The second-order valence-corrected chi connectivity index (χ2v) is 8.39. The van der Waals surface area contributed by atoms with Crippen LogP contribution in [-0.2, 0) is 9.59 Å². The average Bonchev–Trinajstić information content (AvgIpc) is 2.31. The maximum Gasteiger partial charge on any atom is 0.272 e. The van der Waals surface area contributed by atoms with Crippen molar-refractivity contribution in [3.8, 4) is 0 Å². The average molecular weight is 423 g/mol. The lowest BCUT2D eigenvalue weighted by Gasteiger charge is -2.16. The summed E-state index contributed by atoms with van der Waals surface area (Å²) in [7, 11) is 0. The van der Waals surface area contributed by atoms with E-state index in [2.05, 4.69) is 10.6 Å². The van der Waals surface area contributed by atoms with Gasteiger partial charge in [0.25, 0.3) is 19.4 Å². The van der Waals surface area contributed by atoms with E-state index >= 15 is 0 Å². The Balaban J connectivity index is 4.25. The van der Waals surface area contributed by atoms with Crippen molar-refractivity contribution in [2.24, 2.45) is 0 Å². The van der Waals surface area contributed by atoms with Crippen LogP contribution in [0.4, 0.5) is 4.39 Å². The third kappa shape index (κ3) is 9.16. The highest BCUT2D eigenvalue weighted by atomic mass is 35.6. The number of halogens is 7. The van der Waals surface area contributed by atoms with Crippen LogP contribution in [0.2, 0.25) is 0 Å². The van der Waals surface area contributed by atoms with Gasteiger partial charge in [-0.3, -0.25) is 9.59 Å². The van der Waals surface area contributed by atoms with Gasteiger partial charge in [0.15, 0.2) is 0 Å². The molecule has 0 aromatic carbocycles. The Hall–Kier alpha value is 0.350. The third-order valence-electron chi connectivity index (χ3n) is 2.05. The minimum Gasteiger partial charge on any atom is -0.352 e. The first-order valence-corrected chi connectivity index (χ1v) is 7.70. The van der Waals surface area contributed by atoms with E-state index in [1.807, 2.05) is 0 Å². The Labute approximate surface area is 151 Å². The van der Waals surface area contributed by atoms with Gasteiger partial charge in [-0.1, -0.05) is 69.6 Å². The number of alkyl halides is 6. The summed E-state index contributed by atoms with van der Waals surface area (Å²) in [6.07, 6.45) is 1.26. The molecule has 0 aromatic heterocycles. The fourth-order valence-corrected chi connectivity index (χ4v) is 1.38. The molecule has 0 bridgehead atoms. The van der Waals surface area contributed by atoms with E-state index in [1.165, 1.54) is 6.92 Å². The molecule has 0 fully saturated rings. The highest BCUT2D eigenvalue weighted by Gasteiger charge is 2.32. The summed E-state index contributed by atoms with van der Waals surface area (Å²) in [5, 5.41) is 4.45. The molecule has 0 heterocycles. The highest BCUT2D eigenvalue weighted by Crippen LogP contribution is 2.26. The van der Waals surface area contributed by atoms with Crippen LogP contribution < -0.4 is 10.6 Å². The van der Waals surface area contributed by atoms with E-state index in [0.717, 1.165) is 6.08 Å². The van der Waals surface area contributed by atoms with Crippen molar-refractivity contribution < 1.29 is 14.0 Å². The SMILES string of the molecule is CC(NC(=O)C(Cl)(Cl)Cl)/C(F)=C/CCNC(=O)C(Cl)(Cl)Cl. The van der Waals surface area contributed by atoms with Crippen LogP contribution in [0, 0.1) is 0 Å². The molecule has 4 nitrogen and oxygen atoms in total. The van der Waals surface area contributed by atoms with Crippen LogP contribution in [0.3, 0.4) is 0 Å². The summed E-state index contributed by atoms with van der Waals surface area (Å²) in [5.74, 6) is -2.44. The number of nitrogens with one attached hydrogen (secondary N) is 2. The Morgan fingerprint density at radius 3 is 2.00 bits per heavy atom. The number of carbonyl (C=O) groups excluding carboxylic acids is 2. The molecule has 2 N–H and O–H groups in total. The Morgan fingerprint density at radius 2 is 1.57 bits per heavy atom. The van der Waals surface area contributed by atoms with Gasteiger partial charge in [0, 0.05) is 6.54 Å².